The van der Waals surface area contributed by atoms with E-state index in [1.165, 1.54) is 38.9 Å². The van der Waals surface area contributed by atoms with Crippen LogP contribution in [0, 0.1) is 0 Å². The summed E-state index contributed by atoms with van der Waals surface area (Å²) >= 11 is 0. The molecule has 2 fully saturated rings. The van der Waals surface area contributed by atoms with E-state index in [4.69, 9.17) is 0 Å². The molecule has 2 saturated heterocycles. The van der Waals surface area contributed by atoms with Crippen molar-refractivity contribution < 1.29 is 4.79 Å². The summed E-state index contributed by atoms with van der Waals surface area (Å²) in [6, 6.07) is 0.596. The summed E-state index contributed by atoms with van der Waals surface area (Å²) in [4.78, 5) is 17.0. The van der Waals surface area contributed by atoms with Gasteiger partial charge in [-0.05, 0) is 38.9 Å². The third-order valence-corrected chi connectivity index (χ3v) is 4.40. The number of carbonyl (C=O) groups excluding carboxylic acids is 1. The zero-order valence-corrected chi connectivity index (χ0v) is 12.3. The summed E-state index contributed by atoms with van der Waals surface area (Å²) < 4.78 is 0. The van der Waals surface area contributed by atoms with Gasteiger partial charge in [0.15, 0.2) is 0 Å². The van der Waals surface area contributed by atoms with Crippen LogP contribution < -0.4 is 10.6 Å². The minimum atomic E-state index is 0.0153. The molecular weight excluding hydrogens is 240 g/mol. The van der Waals surface area contributed by atoms with E-state index in [0.717, 1.165) is 19.6 Å². The number of piperazine rings is 1. The number of amides is 1. The van der Waals surface area contributed by atoms with E-state index in [1.807, 2.05) is 0 Å². The molecule has 19 heavy (non-hydrogen) atoms. The quantitative estimate of drug-likeness (QED) is 0.746. The Morgan fingerprint density at radius 1 is 1.32 bits per heavy atom. The molecule has 0 aliphatic carbocycles. The molecule has 1 unspecified atom stereocenters. The van der Waals surface area contributed by atoms with E-state index in [-0.39, 0.29) is 11.9 Å². The van der Waals surface area contributed by atoms with Gasteiger partial charge >= 0.3 is 0 Å². The first kappa shape index (κ1) is 14.8. The van der Waals surface area contributed by atoms with Gasteiger partial charge in [-0.1, -0.05) is 6.92 Å². The first-order chi connectivity index (χ1) is 9.26. The lowest BCUT2D eigenvalue weighted by molar-refractivity contribution is -0.128. The Morgan fingerprint density at radius 2 is 2.05 bits per heavy atom. The van der Waals surface area contributed by atoms with Crippen LogP contribution in [0.3, 0.4) is 0 Å². The molecule has 0 radical (unpaired) electrons. The Bertz CT molecular complexity index is 289. The molecule has 2 heterocycles. The summed E-state index contributed by atoms with van der Waals surface area (Å²) in [5.74, 6) is 0.156. The number of piperidine rings is 1. The Kier molecular flexibility index (Phi) is 5.60. The Labute approximate surface area is 116 Å². The third-order valence-electron chi connectivity index (χ3n) is 4.40. The van der Waals surface area contributed by atoms with Crippen molar-refractivity contribution in [2.75, 3.05) is 46.3 Å². The predicted octanol–water partition coefficient (Wildman–Crippen LogP) is -0.119. The number of hydrogen-bond acceptors (Lipinski definition) is 4. The van der Waals surface area contributed by atoms with E-state index in [0.29, 0.717) is 6.04 Å². The van der Waals surface area contributed by atoms with Crippen molar-refractivity contribution in [1.29, 1.82) is 0 Å². The molecule has 5 nitrogen and oxygen atoms in total. The molecule has 1 atom stereocenters. The maximum absolute atomic E-state index is 12.0. The molecule has 2 aliphatic rings. The lowest BCUT2D eigenvalue weighted by atomic mass is 9.99. The minimum Gasteiger partial charge on any atom is -0.358 e. The van der Waals surface area contributed by atoms with Crippen molar-refractivity contribution in [3.05, 3.63) is 0 Å². The van der Waals surface area contributed by atoms with E-state index < -0.39 is 0 Å². The summed E-state index contributed by atoms with van der Waals surface area (Å²) in [6.45, 7) is 8.61. The van der Waals surface area contributed by atoms with Gasteiger partial charge in [0.25, 0.3) is 0 Å². The van der Waals surface area contributed by atoms with Crippen molar-refractivity contribution >= 4 is 5.91 Å². The smallest absolute Gasteiger partial charge is 0.238 e. The highest BCUT2D eigenvalue weighted by atomic mass is 16.2. The fourth-order valence-corrected chi connectivity index (χ4v) is 3.36. The minimum absolute atomic E-state index is 0.0153. The van der Waals surface area contributed by atoms with Crippen molar-refractivity contribution in [2.45, 2.75) is 38.3 Å². The average Bonchev–Trinajstić information content (AvgIpc) is 2.47. The van der Waals surface area contributed by atoms with Gasteiger partial charge in [-0.3, -0.25) is 9.69 Å². The number of nitrogens with one attached hydrogen (secondary N) is 2. The number of hydrogen-bond donors (Lipinski definition) is 2. The largest absolute Gasteiger partial charge is 0.358 e. The van der Waals surface area contributed by atoms with E-state index in [1.54, 1.807) is 7.05 Å². The topological polar surface area (TPSA) is 47.6 Å². The number of nitrogens with zero attached hydrogens (tertiary/aromatic N) is 2. The summed E-state index contributed by atoms with van der Waals surface area (Å²) in [7, 11) is 1.74. The average molecular weight is 268 g/mol. The first-order valence-corrected chi connectivity index (χ1v) is 7.66. The number of likely N-dealkylation sites (tertiary alicyclic amines) is 1. The lowest BCUT2D eigenvalue weighted by Gasteiger charge is -2.44. The maximum atomic E-state index is 12.0. The van der Waals surface area contributed by atoms with Gasteiger partial charge in [0, 0.05) is 32.7 Å². The molecule has 2 rings (SSSR count). The SMILES string of the molecule is CCCN1CCC(N2CCNCC2C(=O)NC)CC1. The van der Waals surface area contributed by atoms with Gasteiger partial charge in [0.1, 0.15) is 6.04 Å². The van der Waals surface area contributed by atoms with E-state index >= 15 is 0 Å². The molecule has 0 aromatic heterocycles. The van der Waals surface area contributed by atoms with Gasteiger partial charge in [-0.25, -0.2) is 0 Å². The standard InChI is InChI=1S/C14H28N4O/c1-3-7-17-8-4-12(5-9-17)18-10-6-16-11-13(18)14(19)15-2/h12-13,16H,3-11H2,1-2H3,(H,15,19). The highest BCUT2D eigenvalue weighted by Gasteiger charge is 2.34. The summed E-state index contributed by atoms with van der Waals surface area (Å²) in [5.41, 5.74) is 0. The number of rotatable bonds is 4. The zero-order valence-electron chi connectivity index (χ0n) is 12.3. The molecule has 2 N–H and O–H groups in total. The highest BCUT2D eigenvalue weighted by molar-refractivity contribution is 5.81. The van der Waals surface area contributed by atoms with Crippen LogP contribution in [0.4, 0.5) is 0 Å². The van der Waals surface area contributed by atoms with Crippen LogP contribution in [-0.4, -0.2) is 74.1 Å². The molecule has 110 valence electrons. The Hall–Kier alpha value is -0.650. The van der Waals surface area contributed by atoms with Gasteiger partial charge in [-0.2, -0.15) is 0 Å². The highest BCUT2D eigenvalue weighted by Crippen LogP contribution is 2.20. The van der Waals surface area contributed by atoms with Crippen LogP contribution in [-0.2, 0) is 4.79 Å². The second kappa shape index (κ2) is 7.22. The summed E-state index contributed by atoms with van der Waals surface area (Å²) in [6.07, 6.45) is 3.64. The van der Waals surface area contributed by atoms with Gasteiger partial charge in [0.05, 0.1) is 0 Å². The van der Waals surface area contributed by atoms with Crippen LogP contribution in [0.2, 0.25) is 0 Å². The predicted molar refractivity (Wildman–Crippen MR) is 77.2 cm³/mol. The molecule has 0 saturated carbocycles. The number of carbonyl (C=O) groups is 1. The summed E-state index contributed by atoms with van der Waals surface area (Å²) in [5, 5.41) is 6.14. The van der Waals surface area contributed by atoms with Crippen LogP contribution in [0.5, 0.6) is 0 Å². The van der Waals surface area contributed by atoms with Crippen LogP contribution in [0.1, 0.15) is 26.2 Å². The van der Waals surface area contributed by atoms with Crippen molar-refractivity contribution in [2.24, 2.45) is 0 Å². The van der Waals surface area contributed by atoms with E-state index in [2.05, 4.69) is 27.4 Å². The van der Waals surface area contributed by atoms with Gasteiger partial charge in [-0.15, -0.1) is 0 Å². The zero-order chi connectivity index (χ0) is 13.7. The maximum Gasteiger partial charge on any atom is 0.238 e. The Balaban J connectivity index is 1.90. The molecule has 2 aliphatic heterocycles. The van der Waals surface area contributed by atoms with Crippen molar-refractivity contribution in [3.63, 3.8) is 0 Å². The second-order valence-electron chi connectivity index (χ2n) is 5.64. The van der Waals surface area contributed by atoms with Gasteiger partial charge in [0.2, 0.25) is 5.91 Å². The number of likely N-dealkylation sites (N-methyl/N-ethyl adjacent to an activating group) is 1. The monoisotopic (exact) mass is 268 g/mol. The molecule has 0 aromatic carbocycles. The van der Waals surface area contributed by atoms with Crippen molar-refractivity contribution in [1.82, 2.24) is 20.4 Å². The third kappa shape index (κ3) is 3.68. The lowest BCUT2D eigenvalue weighted by Crippen LogP contribution is -2.61. The van der Waals surface area contributed by atoms with Crippen LogP contribution in [0.15, 0.2) is 0 Å². The van der Waals surface area contributed by atoms with E-state index in [9.17, 15) is 4.79 Å². The molecule has 1 amide bonds. The van der Waals surface area contributed by atoms with Crippen molar-refractivity contribution in [3.8, 4) is 0 Å². The molecule has 0 bridgehead atoms. The molecular formula is C14H28N4O. The Morgan fingerprint density at radius 3 is 2.68 bits per heavy atom. The molecule has 5 heteroatoms. The molecule has 0 spiro atoms. The fraction of sp³-hybridized carbons (Fsp3) is 0.929. The first-order valence-electron chi connectivity index (χ1n) is 7.66. The molecule has 0 aromatic rings. The van der Waals surface area contributed by atoms with Crippen LogP contribution >= 0.6 is 0 Å². The van der Waals surface area contributed by atoms with Crippen LogP contribution in [0.25, 0.3) is 0 Å². The fourth-order valence-electron chi connectivity index (χ4n) is 3.36. The van der Waals surface area contributed by atoms with Gasteiger partial charge < -0.3 is 15.5 Å². The second-order valence-corrected chi connectivity index (χ2v) is 5.64. The normalized spacial score (nSPS) is 27.4.